The van der Waals surface area contributed by atoms with Gasteiger partial charge < -0.3 is 24.1 Å². The molecule has 170 valence electrons. The fourth-order valence-electron chi connectivity index (χ4n) is 5.03. The van der Waals surface area contributed by atoms with Gasteiger partial charge >= 0.3 is 0 Å². The Morgan fingerprint density at radius 3 is 2.48 bits per heavy atom. The van der Waals surface area contributed by atoms with Crippen LogP contribution in [-0.4, -0.2) is 32.3 Å². The number of aryl methyl sites for hydroxylation is 1. The third kappa shape index (κ3) is 3.44. The summed E-state index contributed by atoms with van der Waals surface area (Å²) < 4.78 is 22.2. The molecule has 0 saturated carbocycles. The molecule has 1 aromatic heterocycles. The van der Waals surface area contributed by atoms with Crippen LogP contribution in [0.2, 0.25) is 0 Å². The van der Waals surface area contributed by atoms with Crippen molar-refractivity contribution in [3.63, 3.8) is 0 Å². The number of fused-ring (bicyclic) bond motifs is 1. The Labute approximate surface area is 192 Å². The molecule has 2 atom stereocenters. The number of hydrogen-bond acceptors (Lipinski definition) is 7. The number of aromatic nitrogens is 1. The number of anilines is 1. The zero-order valence-corrected chi connectivity index (χ0v) is 19.1. The van der Waals surface area contributed by atoms with Gasteiger partial charge in [-0.3, -0.25) is 4.79 Å². The zero-order valence-electron chi connectivity index (χ0n) is 19.1. The van der Waals surface area contributed by atoms with E-state index in [9.17, 15) is 4.79 Å². The Bertz CT molecular complexity index is 1240. The van der Waals surface area contributed by atoms with Gasteiger partial charge in [0.1, 0.15) is 5.75 Å². The Morgan fingerprint density at radius 2 is 1.79 bits per heavy atom. The van der Waals surface area contributed by atoms with Gasteiger partial charge in [0, 0.05) is 23.3 Å². The maximum Gasteiger partial charge on any atom is 0.233 e. The summed E-state index contributed by atoms with van der Waals surface area (Å²) in [5.41, 5.74) is 5.17. The van der Waals surface area contributed by atoms with Crippen molar-refractivity contribution in [2.24, 2.45) is 0 Å². The predicted octanol–water partition coefficient (Wildman–Crippen LogP) is 4.97. The van der Waals surface area contributed by atoms with Crippen LogP contribution in [0.4, 0.5) is 5.88 Å². The third-order valence-corrected chi connectivity index (χ3v) is 6.59. The molecule has 1 aliphatic heterocycles. The van der Waals surface area contributed by atoms with Crippen LogP contribution in [0.25, 0.3) is 0 Å². The van der Waals surface area contributed by atoms with E-state index >= 15 is 0 Å². The SMILES string of the molecule is COc1ccc([C@@H]2CC(=O)C3=C(C2)Nc2onc(C)c2[C@H]3c2cccc(OC)c2OC)cc1. The molecule has 0 amide bonds. The van der Waals surface area contributed by atoms with Gasteiger partial charge in [-0.1, -0.05) is 29.4 Å². The Balaban J connectivity index is 1.63. The van der Waals surface area contributed by atoms with Gasteiger partial charge in [0.05, 0.1) is 38.5 Å². The maximum absolute atomic E-state index is 13.7. The van der Waals surface area contributed by atoms with E-state index in [1.165, 1.54) is 0 Å². The highest BCUT2D eigenvalue weighted by molar-refractivity contribution is 6.01. The third-order valence-electron chi connectivity index (χ3n) is 6.59. The number of rotatable bonds is 5. The molecular formula is C26H26N2O5. The van der Waals surface area contributed by atoms with Gasteiger partial charge in [0.25, 0.3) is 0 Å². The monoisotopic (exact) mass is 446 g/mol. The number of carbonyl (C=O) groups excluding carboxylic acids is 1. The molecule has 1 aliphatic carbocycles. The summed E-state index contributed by atoms with van der Waals surface area (Å²) in [7, 11) is 4.86. The van der Waals surface area contributed by atoms with Crippen molar-refractivity contribution in [2.45, 2.75) is 31.6 Å². The number of nitrogens with one attached hydrogen (secondary N) is 1. The van der Waals surface area contributed by atoms with Crippen LogP contribution < -0.4 is 19.5 Å². The molecule has 3 aromatic rings. The maximum atomic E-state index is 13.7. The summed E-state index contributed by atoms with van der Waals surface area (Å²) in [5.74, 6) is 2.41. The molecule has 7 nitrogen and oxygen atoms in total. The van der Waals surface area contributed by atoms with Crippen molar-refractivity contribution in [1.82, 2.24) is 5.16 Å². The average molecular weight is 447 g/mol. The van der Waals surface area contributed by atoms with Crippen LogP contribution in [0.5, 0.6) is 17.2 Å². The highest BCUT2D eigenvalue weighted by Crippen LogP contribution is 2.52. The minimum absolute atomic E-state index is 0.0630. The van der Waals surface area contributed by atoms with E-state index in [0.717, 1.165) is 39.4 Å². The van der Waals surface area contributed by atoms with Crippen molar-refractivity contribution in [3.8, 4) is 17.2 Å². The van der Waals surface area contributed by atoms with Gasteiger partial charge in [-0.15, -0.1) is 0 Å². The lowest BCUT2D eigenvalue weighted by molar-refractivity contribution is -0.116. The van der Waals surface area contributed by atoms with Crippen molar-refractivity contribution in [2.75, 3.05) is 26.6 Å². The first-order valence-electron chi connectivity index (χ1n) is 10.9. The molecular weight excluding hydrogens is 420 g/mol. The topological polar surface area (TPSA) is 82.8 Å². The van der Waals surface area contributed by atoms with E-state index in [4.69, 9.17) is 18.7 Å². The molecule has 2 aromatic carbocycles. The number of hydrogen-bond donors (Lipinski definition) is 1. The quantitative estimate of drug-likeness (QED) is 0.593. The van der Waals surface area contributed by atoms with Gasteiger partial charge in [-0.05, 0) is 43.0 Å². The average Bonchev–Trinajstić information content (AvgIpc) is 3.22. The van der Waals surface area contributed by atoms with Gasteiger partial charge in [0.15, 0.2) is 17.3 Å². The first-order chi connectivity index (χ1) is 16.0. The lowest BCUT2D eigenvalue weighted by Gasteiger charge is -2.35. The Morgan fingerprint density at radius 1 is 1.00 bits per heavy atom. The molecule has 1 N–H and O–H groups in total. The van der Waals surface area contributed by atoms with Crippen LogP contribution in [0.1, 0.15) is 47.1 Å². The molecule has 7 heteroatoms. The molecule has 0 unspecified atom stereocenters. The van der Waals surface area contributed by atoms with Crippen LogP contribution in [-0.2, 0) is 4.79 Å². The smallest absolute Gasteiger partial charge is 0.233 e. The minimum atomic E-state index is -0.350. The lowest BCUT2D eigenvalue weighted by atomic mass is 9.72. The molecule has 2 aliphatic rings. The van der Waals surface area contributed by atoms with Crippen LogP contribution in [0, 0.1) is 6.92 Å². The van der Waals surface area contributed by atoms with Gasteiger partial charge in [0.2, 0.25) is 5.88 Å². The first kappa shape index (κ1) is 21.1. The second-order valence-electron chi connectivity index (χ2n) is 8.35. The summed E-state index contributed by atoms with van der Waals surface area (Å²) in [4.78, 5) is 13.7. The fourth-order valence-corrected chi connectivity index (χ4v) is 5.03. The highest BCUT2D eigenvalue weighted by atomic mass is 16.5. The molecule has 0 spiro atoms. The largest absolute Gasteiger partial charge is 0.497 e. The summed E-state index contributed by atoms with van der Waals surface area (Å²) in [5, 5.41) is 7.56. The van der Waals surface area contributed by atoms with Crippen molar-refractivity contribution in [3.05, 3.63) is 76.1 Å². The second-order valence-corrected chi connectivity index (χ2v) is 8.35. The minimum Gasteiger partial charge on any atom is -0.497 e. The van der Waals surface area contributed by atoms with E-state index in [0.29, 0.717) is 30.2 Å². The summed E-state index contributed by atoms with van der Waals surface area (Å²) >= 11 is 0. The fraction of sp³-hybridized carbons (Fsp3) is 0.308. The number of allylic oxidation sites excluding steroid dienone is 2. The predicted molar refractivity (Wildman–Crippen MR) is 123 cm³/mol. The van der Waals surface area contributed by atoms with E-state index < -0.39 is 0 Å². The summed E-state index contributed by atoms with van der Waals surface area (Å²) in [6.07, 6.45) is 1.12. The van der Waals surface area contributed by atoms with E-state index in [1.54, 1.807) is 21.3 Å². The molecule has 0 fully saturated rings. The van der Waals surface area contributed by atoms with E-state index in [-0.39, 0.29) is 17.6 Å². The van der Waals surface area contributed by atoms with Gasteiger partial charge in [-0.2, -0.15) is 0 Å². The highest BCUT2D eigenvalue weighted by Gasteiger charge is 2.42. The molecule has 0 radical (unpaired) electrons. The number of carbonyl (C=O) groups is 1. The van der Waals surface area contributed by atoms with Crippen LogP contribution in [0.15, 0.2) is 58.3 Å². The molecule has 2 heterocycles. The van der Waals surface area contributed by atoms with E-state index in [1.807, 2.05) is 49.4 Å². The van der Waals surface area contributed by atoms with Crippen molar-refractivity contribution in [1.29, 1.82) is 0 Å². The number of ketones is 1. The Hall–Kier alpha value is -3.74. The first-order valence-corrected chi connectivity index (χ1v) is 10.9. The molecule has 5 rings (SSSR count). The number of para-hydroxylation sites is 1. The molecule has 0 bridgehead atoms. The standard InChI is InChI=1S/C26H26N2O5/c1-14-22-23(18-6-5-7-21(31-3)25(18)32-4)24-19(27-26(22)33-28-14)12-16(13-20(24)29)15-8-10-17(30-2)11-9-15/h5-11,16,23,27H,12-13H2,1-4H3/t16-,23+/m0/s1. The normalized spacial score (nSPS) is 19.5. The second kappa shape index (κ2) is 8.31. The van der Waals surface area contributed by atoms with E-state index in [2.05, 4.69) is 10.5 Å². The number of benzene rings is 2. The Kier molecular flexibility index (Phi) is 5.32. The van der Waals surface area contributed by atoms with Gasteiger partial charge in [-0.25, -0.2) is 0 Å². The summed E-state index contributed by atoms with van der Waals surface area (Å²) in [6, 6.07) is 13.6. The molecule has 33 heavy (non-hydrogen) atoms. The van der Waals surface area contributed by atoms with Crippen LogP contribution >= 0.6 is 0 Å². The zero-order chi connectivity index (χ0) is 23.1. The number of ether oxygens (including phenoxy) is 3. The van der Waals surface area contributed by atoms with Crippen molar-refractivity contribution < 1.29 is 23.5 Å². The summed E-state index contributed by atoms with van der Waals surface area (Å²) in [6.45, 7) is 1.89. The van der Waals surface area contributed by atoms with Crippen LogP contribution in [0.3, 0.4) is 0 Å². The number of Topliss-reactive ketones (excluding diaryl/α,β-unsaturated/α-hetero) is 1. The lowest BCUT2D eigenvalue weighted by Crippen LogP contribution is -2.29. The number of nitrogens with zero attached hydrogens (tertiary/aromatic N) is 1. The van der Waals surface area contributed by atoms with Crippen molar-refractivity contribution >= 4 is 11.7 Å². The molecule has 0 saturated heterocycles. The number of methoxy groups -OCH3 is 3.